The van der Waals surface area contributed by atoms with Crippen LogP contribution in [0.5, 0.6) is 5.88 Å². The highest BCUT2D eigenvalue weighted by molar-refractivity contribution is 5.94. The molecule has 7 heteroatoms. The van der Waals surface area contributed by atoms with Gasteiger partial charge in [-0.15, -0.1) is 0 Å². The Kier molecular flexibility index (Phi) is 4.66. The number of fused-ring (bicyclic) bond motifs is 1. The van der Waals surface area contributed by atoms with E-state index in [1.54, 1.807) is 11.0 Å². The number of nitrogens with zero attached hydrogens (tertiary/aromatic N) is 2. The van der Waals surface area contributed by atoms with E-state index in [-0.39, 0.29) is 17.6 Å². The highest BCUT2D eigenvalue weighted by atomic mass is 19.4. The maximum atomic E-state index is 12.7. The average Bonchev–Trinajstić information content (AvgIpc) is 3.15. The van der Waals surface area contributed by atoms with Gasteiger partial charge in [-0.1, -0.05) is 18.2 Å². The largest absolute Gasteiger partial charge is 0.472 e. The van der Waals surface area contributed by atoms with Crippen molar-refractivity contribution in [2.75, 3.05) is 13.1 Å². The number of likely N-dealkylation sites (tertiary alicyclic amines) is 1. The zero-order valence-electron chi connectivity index (χ0n) is 14.8. The van der Waals surface area contributed by atoms with Crippen molar-refractivity contribution in [3.05, 3.63) is 71.8 Å². The lowest BCUT2D eigenvalue weighted by atomic mass is 10.1. The van der Waals surface area contributed by atoms with Gasteiger partial charge in [-0.2, -0.15) is 13.2 Å². The van der Waals surface area contributed by atoms with E-state index in [0.29, 0.717) is 25.4 Å². The number of benzene rings is 2. The molecular formula is C21H17F3N2O2. The summed E-state index contributed by atoms with van der Waals surface area (Å²) in [5, 5.41) is 1.01. The normalized spacial score (nSPS) is 17.1. The number of para-hydroxylation sites is 1. The Morgan fingerprint density at radius 2 is 1.79 bits per heavy atom. The molecule has 0 N–H and O–H groups in total. The van der Waals surface area contributed by atoms with Crippen molar-refractivity contribution in [1.29, 1.82) is 0 Å². The number of aromatic nitrogens is 1. The SMILES string of the molecule is O=C(c1ccc(C(F)(F)F)cc1)N1CCC(Oc2ccc3ccccc3n2)C1. The van der Waals surface area contributed by atoms with Gasteiger partial charge in [-0.05, 0) is 36.4 Å². The number of hydrogen-bond acceptors (Lipinski definition) is 3. The van der Waals surface area contributed by atoms with Crippen LogP contribution in [0.2, 0.25) is 0 Å². The quantitative estimate of drug-likeness (QED) is 0.663. The molecule has 4 rings (SSSR count). The van der Waals surface area contributed by atoms with Crippen LogP contribution in [0.15, 0.2) is 60.7 Å². The molecule has 4 nitrogen and oxygen atoms in total. The molecule has 1 aliphatic heterocycles. The lowest BCUT2D eigenvalue weighted by Gasteiger charge is -2.17. The standard InChI is InChI=1S/C21H17F3N2O2/c22-21(23,24)16-8-5-15(6-9-16)20(27)26-12-11-17(13-26)28-19-10-7-14-3-1-2-4-18(14)25-19/h1-10,17H,11-13H2. The van der Waals surface area contributed by atoms with E-state index < -0.39 is 11.7 Å². The second-order valence-corrected chi connectivity index (χ2v) is 6.70. The topological polar surface area (TPSA) is 42.4 Å². The predicted octanol–water partition coefficient (Wildman–Crippen LogP) is 4.55. The van der Waals surface area contributed by atoms with Gasteiger partial charge in [0.05, 0.1) is 17.6 Å². The molecule has 1 saturated heterocycles. The van der Waals surface area contributed by atoms with Gasteiger partial charge >= 0.3 is 6.18 Å². The summed E-state index contributed by atoms with van der Waals surface area (Å²) in [6.07, 6.45) is -3.98. The second-order valence-electron chi connectivity index (χ2n) is 6.70. The lowest BCUT2D eigenvalue weighted by molar-refractivity contribution is -0.137. The third-order valence-corrected chi connectivity index (χ3v) is 4.75. The zero-order valence-corrected chi connectivity index (χ0v) is 14.8. The number of ether oxygens (including phenoxy) is 1. The monoisotopic (exact) mass is 386 g/mol. The molecule has 0 saturated carbocycles. The summed E-state index contributed by atoms with van der Waals surface area (Å²) in [6, 6.07) is 15.7. The zero-order chi connectivity index (χ0) is 19.7. The maximum absolute atomic E-state index is 12.7. The predicted molar refractivity (Wildman–Crippen MR) is 98.1 cm³/mol. The summed E-state index contributed by atoms with van der Waals surface area (Å²) in [6.45, 7) is 0.854. The average molecular weight is 386 g/mol. The lowest BCUT2D eigenvalue weighted by Crippen LogP contribution is -2.31. The van der Waals surface area contributed by atoms with Gasteiger partial charge in [0.2, 0.25) is 5.88 Å². The minimum Gasteiger partial charge on any atom is -0.472 e. The number of rotatable bonds is 3. The van der Waals surface area contributed by atoms with Gasteiger partial charge in [0.15, 0.2) is 0 Å². The van der Waals surface area contributed by atoms with Crippen LogP contribution in [0.4, 0.5) is 13.2 Å². The Balaban J connectivity index is 1.41. The molecule has 1 aliphatic rings. The number of carbonyl (C=O) groups is 1. The molecule has 2 heterocycles. The van der Waals surface area contributed by atoms with Gasteiger partial charge < -0.3 is 9.64 Å². The molecule has 2 aromatic carbocycles. The Bertz CT molecular complexity index is 1000. The van der Waals surface area contributed by atoms with Crippen LogP contribution in [-0.2, 0) is 6.18 Å². The first-order valence-corrected chi connectivity index (χ1v) is 8.89. The fourth-order valence-electron chi connectivity index (χ4n) is 3.28. The van der Waals surface area contributed by atoms with Gasteiger partial charge in [0, 0.05) is 30.0 Å². The van der Waals surface area contributed by atoms with Crippen molar-refractivity contribution in [2.45, 2.75) is 18.7 Å². The van der Waals surface area contributed by atoms with Crippen molar-refractivity contribution in [3.8, 4) is 5.88 Å². The van der Waals surface area contributed by atoms with Crippen LogP contribution in [0.3, 0.4) is 0 Å². The number of carbonyl (C=O) groups excluding carboxylic acids is 1. The van der Waals surface area contributed by atoms with Crippen molar-refractivity contribution >= 4 is 16.8 Å². The fourth-order valence-corrected chi connectivity index (χ4v) is 3.28. The van der Waals surface area contributed by atoms with E-state index in [4.69, 9.17) is 4.74 Å². The van der Waals surface area contributed by atoms with Crippen molar-refractivity contribution in [1.82, 2.24) is 9.88 Å². The molecular weight excluding hydrogens is 369 g/mol. The fraction of sp³-hybridized carbons (Fsp3) is 0.238. The molecule has 0 spiro atoms. The number of pyridine rings is 1. The molecule has 0 radical (unpaired) electrons. The first-order valence-electron chi connectivity index (χ1n) is 8.89. The van der Waals surface area contributed by atoms with Crippen LogP contribution in [0.1, 0.15) is 22.3 Å². The van der Waals surface area contributed by atoms with Crippen LogP contribution in [0, 0.1) is 0 Å². The molecule has 1 unspecified atom stereocenters. The number of alkyl halides is 3. The van der Waals surface area contributed by atoms with Crippen LogP contribution >= 0.6 is 0 Å². The number of halogens is 3. The van der Waals surface area contributed by atoms with Gasteiger partial charge in [0.25, 0.3) is 5.91 Å². The Labute approximate surface area is 159 Å². The van der Waals surface area contributed by atoms with Crippen molar-refractivity contribution in [3.63, 3.8) is 0 Å². The summed E-state index contributed by atoms with van der Waals surface area (Å²) in [5.41, 5.74) is 0.294. The maximum Gasteiger partial charge on any atom is 0.416 e. The molecule has 0 aliphatic carbocycles. The summed E-state index contributed by atoms with van der Waals surface area (Å²) >= 11 is 0. The van der Waals surface area contributed by atoms with E-state index in [2.05, 4.69) is 4.98 Å². The van der Waals surface area contributed by atoms with Crippen LogP contribution < -0.4 is 4.74 Å². The Morgan fingerprint density at radius 3 is 2.54 bits per heavy atom. The summed E-state index contributed by atoms with van der Waals surface area (Å²) in [5.74, 6) is 0.193. The molecule has 28 heavy (non-hydrogen) atoms. The first-order chi connectivity index (χ1) is 13.4. The molecule has 1 amide bonds. The molecule has 3 aromatic rings. The third-order valence-electron chi connectivity index (χ3n) is 4.75. The molecule has 0 bridgehead atoms. The smallest absolute Gasteiger partial charge is 0.416 e. The minimum atomic E-state index is -4.42. The number of amides is 1. The Morgan fingerprint density at radius 1 is 1.04 bits per heavy atom. The van der Waals surface area contributed by atoms with E-state index in [9.17, 15) is 18.0 Å². The van der Waals surface area contributed by atoms with Gasteiger partial charge in [-0.3, -0.25) is 4.79 Å². The summed E-state index contributed by atoms with van der Waals surface area (Å²) in [7, 11) is 0. The van der Waals surface area contributed by atoms with Crippen LogP contribution in [-0.4, -0.2) is 35.0 Å². The number of hydrogen-bond donors (Lipinski definition) is 0. The van der Waals surface area contributed by atoms with Gasteiger partial charge in [0.1, 0.15) is 6.10 Å². The van der Waals surface area contributed by atoms with E-state index in [1.165, 1.54) is 12.1 Å². The van der Waals surface area contributed by atoms with E-state index in [0.717, 1.165) is 23.0 Å². The molecule has 144 valence electrons. The highest BCUT2D eigenvalue weighted by Crippen LogP contribution is 2.29. The molecule has 1 fully saturated rings. The summed E-state index contributed by atoms with van der Waals surface area (Å²) < 4.78 is 43.9. The van der Waals surface area contributed by atoms with E-state index in [1.807, 2.05) is 30.3 Å². The second kappa shape index (κ2) is 7.14. The summed E-state index contributed by atoms with van der Waals surface area (Å²) in [4.78, 5) is 18.6. The Hall–Kier alpha value is -3.09. The van der Waals surface area contributed by atoms with E-state index >= 15 is 0 Å². The molecule has 1 atom stereocenters. The first kappa shape index (κ1) is 18.3. The van der Waals surface area contributed by atoms with Gasteiger partial charge in [-0.25, -0.2) is 4.98 Å². The molecule has 1 aromatic heterocycles. The third kappa shape index (κ3) is 3.78. The van der Waals surface area contributed by atoms with Crippen molar-refractivity contribution in [2.24, 2.45) is 0 Å². The van der Waals surface area contributed by atoms with Crippen molar-refractivity contribution < 1.29 is 22.7 Å². The van der Waals surface area contributed by atoms with Crippen LogP contribution in [0.25, 0.3) is 10.9 Å². The minimum absolute atomic E-state index is 0.202. The highest BCUT2D eigenvalue weighted by Gasteiger charge is 2.32.